The number of hydrogen-bond donors (Lipinski definition) is 0. The van der Waals surface area contributed by atoms with Crippen molar-refractivity contribution in [2.45, 2.75) is 0 Å². The molecule has 0 N–H and O–H groups in total. The van der Waals surface area contributed by atoms with Gasteiger partial charge in [-0.1, -0.05) is 11.6 Å². The first kappa shape index (κ1) is 12.5. The Hall–Kier alpha value is -2.58. The van der Waals surface area contributed by atoms with E-state index in [9.17, 15) is 0 Å². The van der Waals surface area contributed by atoms with Gasteiger partial charge in [-0.15, -0.1) is 0 Å². The largest absolute Gasteiger partial charge is 0.480 e. The first-order valence-corrected chi connectivity index (χ1v) is 6.18. The van der Waals surface area contributed by atoms with E-state index < -0.39 is 0 Å². The van der Waals surface area contributed by atoms with Crippen LogP contribution in [0.4, 0.5) is 0 Å². The predicted octanol–water partition coefficient (Wildman–Crippen LogP) is 2.95. The minimum absolute atomic E-state index is 0.485. The van der Waals surface area contributed by atoms with E-state index in [1.807, 2.05) is 16.8 Å². The van der Waals surface area contributed by atoms with Gasteiger partial charge in [-0.25, -0.2) is 9.97 Å². The number of aromatic nitrogens is 3. The zero-order chi connectivity index (χ0) is 14.1. The quantitative estimate of drug-likeness (QED) is 0.726. The molecule has 6 heteroatoms. The summed E-state index contributed by atoms with van der Waals surface area (Å²) in [5.74, 6) is 0.513. The molecule has 2 aromatic heterocycles. The number of ether oxygens (including phenoxy) is 1. The van der Waals surface area contributed by atoms with E-state index in [-0.39, 0.29) is 0 Å². The van der Waals surface area contributed by atoms with Crippen LogP contribution in [0.2, 0.25) is 5.02 Å². The molecule has 1 aromatic carbocycles. The maximum Gasteiger partial charge on any atom is 0.225 e. The Bertz CT molecular complexity index is 835. The topological polar surface area (TPSA) is 63.7 Å². The summed E-state index contributed by atoms with van der Waals surface area (Å²) in [7, 11) is 1.56. The number of benzene rings is 1. The summed E-state index contributed by atoms with van der Waals surface area (Å²) in [6, 6.07) is 9.05. The van der Waals surface area contributed by atoms with Gasteiger partial charge in [0.25, 0.3) is 0 Å². The number of fused-ring (bicyclic) bond motifs is 1. The summed E-state index contributed by atoms with van der Waals surface area (Å²) in [4.78, 5) is 8.32. The highest BCUT2D eigenvalue weighted by Gasteiger charge is 2.12. The normalized spacial score (nSPS) is 10.4. The van der Waals surface area contributed by atoms with Crippen LogP contribution in [-0.2, 0) is 0 Å². The monoisotopic (exact) mass is 284 g/mol. The lowest BCUT2D eigenvalue weighted by atomic mass is 10.2. The van der Waals surface area contributed by atoms with Crippen molar-refractivity contribution in [2.75, 3.05) is 7.11 Å². The molecule has 3 rings (SSSR count). The van der Waals surface area contributed by atoms with Gasteiger partial charge in [0.2, 0.25) is 5.88 Å². The Balaban J connectivity index is 2.23. The van der Waals surface area contributed by atoms with E-state index in [2.05, 4.69) is 16.0 Å². The highest BCUT2D eigenvalue weighted by molar-refractivity contribution is 6.32. The zero-order valence-corrected chi connectivity index (χ0v) is 11.3. The number of rotatable bonds is 2. The maximum absolute atomic E-state index is 8.87. The number of halogens is 1. The fraction of sp³-hybridized carbons (Fsp3) is 0.0714. The fourth-order valence-corrected chi connectivity index (χ4v) is 2.33. The lowest BCUT2D eigenvalue weighted by Gasteiger charge is -2.07. The summed E-state index contributed by atoms with van der Waals surface area (Å²) < 4.78 is 7.04. The smallest absolute Gasteiger partial charge is 0.225 e. The van der Waals surface area contributed by atoms with Crippen molar-refractivity contribution >= 4 is 22.6 Å². The Kier molecular flexibility index (Phi) is 3.01. The summed E-state index contributed by atoms with van der Waals surface area (Å²) in [5, 5.41) is 10.2. The van der Waals surface area contributed by atoms with Gasteiger partial charge in [0.05, 0.1) is 34.8 Å². The van der Waals surface area contributed by atoms with Crippen LogP contribution < -0.4 is 4.74 Å². The molecule has 0 aliphatic heterocycles. The van der Waals surface area contributed by atoms with E-state index in [4.69, 9.17) is 21.6 Å². The van der Waals surface area contributed by atoms with Gasteiger partial charge in [-0.05, 0) is 24.3 Å². The van der Waals surface area contributed by atoms with Crippen LogP contribution >= 0.6 is 11.6 Å². The van der Waals surface area contributed by atoms with Crippen LogP contribution in [0, 0.1) is 11.3 Å². The maximum atomic E-state index is 8.87. The molecule has 0 unspecified atom stereocenters. The molecule has 0 bridgehead atoms. The second kappa shape index (κ2) is 4.83. The molecule has 20 heavy (non-hydrogen) atoms. The Morgan fingerprint density at radius 3 is 2.85 bits per heavy atom. The molecule has 0 aliphatic carbocycles. The third-order valence-electron chi connectivity index (χ3n) is 2.97. The van der Waals surface area contributed by atoms with Crippen molar-refractivity contribution in [1.82, 2.24) is 14.5 Å². The van der Waals surface area contributed by atoms with Crippen LogP contribution in [0.5, 0.6) is 5.88 Å². The van der Waals surface area contributed by atoms with E-state index in [0.29, 0.717) is 22.1 Å². The third kappa shape index (κ3) is 1.87. The Morgan fingerprint density at radius 1 is 1.30 bits per heavy atom. The minimum atomic E-state index is 0.485. The molecule has 2 heterocycles. The Morgan fingerprint density at radius 2 is 2.15 bits per heavy atom. The minimum Gasteiger partial charge on any atom is -0.480 e. The summed E-state index contributed by atoms with van der Waals surface area (Å²) in [6.07, 6.45) is 3.28. The molecule has 0 saturated heterocycles. The number of nitrogens with zero attached hydrogens (tertiary/aromatic N) is 4. The van der Waals surface area contributed by atoms with Gasteiger partial charge in [-0.2, -0.15) is 5.26 Å². The fourth-order valence-electron chi connectivity index (χ4n) is 2.06. The zero-order valence-electron chi connectivity index (χ0n) is 10.5. The standard InChI is InChI=1S/C14H9ClN4O/c1-20-14-10-4-5-19(13(10)17-8-18-14)12-3-2-9(7-16)6-11(12)15/h2-6,8H,1H3. The van der Waals surface area contributed by atoms with Crippen LogP contribution in [0.3, 0.4) is 0 Å². The van der Waals surface area contributed by atoms with Gasteiger partial charge in [-0.3, -0.25) is 4.57 Å². The van der Waals surface area contributed by atoms with E-state index in [1.165, 1.54) is 6.33 Å². The van der Waals surface area contributed by atoms with Crippen LogP contribution in [0.1, 0.15) is 5.56 Å². The van der Waals surface area contributed by atoms with Gasteiger partial charge in [0.15, 0.2) is 5.65 Å². The van der Waals surface area contributed by atoms with E-state index >= 15 is 0 Å². The second-order valence-corrected chi connectivity index (χ2v) is 4.49. The van der Waals surface area contributed by atoms with E-state index in [1.54, 1.807) is 25.3 Å². The Labute approximate surface area is 120 Å². The van der Waals surface area contributed by atoms with Crippen molar-refractivity contribution in [1.29, 1.82) is 5.26 Å². The molecule has 0 spiro atoms. The molecule has 98 valence electrons. The predicted molar refractivity (Wildman–Crippen MR) is 75.1 cm³/mol. The van der Waals surface area contributed by atoms with E-state index in [0.717, 1.165) is 11.1 Å². The first-order valence-electron chi connectivity index (χ1n) is 5.80. The average Bonchev–Trinajstić information content (AvgIpc) is 2.90. The molecule has 0 amide bonds. The number of hydrogen-bond acceptors (Lipinski definition) is 4. The van der Waals surface area contributed by atoms with Crippen molar-refractivity contribution in [3.05, 3.63) is 47.4 Å². The molecular formula is C14H9ClN4O. The van der Waals surface area contributed by atoms with Crippen LogP contribution in [-0.4, -0.2) is 21.6 Å². The number of methoxy groups -OCH3 is 1. The van der Waals surface area contributed by atoms with Gasteiger partial charge >= 0.3 is 0 Å². The molecular weight excluding hydrogens is 276 g/mol. The highest BCUT2D eigenvalue weighted by Crippen LogP contribution is 2.28. The van der Waals surface area contributed by atoms with Gasteiger partial charge in [0.1, 0.15) is 6.33 Å². The van der Waals surface area contributed by atoms with Crippen molar-refractivity contribution in [3.8, 4) is 17.6 Å². The molecule has 0 radical (unpaired) electrons. The molecule has 0 fully saturated rings. The number of nitriles is 1. The molecule has 0 saturated carbocycles. The van der Waals surface area contributed by atoms with Crippen LogP contribution in [0.15, 0.2) is 36.8 Å². The second-order valence-electron chi connectivity index (χ2n) is 4.08. The van der Waals surface area contributed by atoms with Gasteiger partial charge < -0.3 is 4.74 Å². The molecule has 0 aliphatic rings. The SMILES string of the molecule is COc1ncnc2c1ccn2-c1ccc(C#N)cc1Cl. The summed E-state index contributed by atoms with van der Waals surface area (Å²) in [6.45, 7) is 0. The van der Waals surface area contributed by atoms with Crippen molar-refractivity contribution in [2.24, 2.45) is 0 Å². The first-order chi connectivity index (χ1) is 9.74. The lowest BCUT2D eigenvalue weighted by Crippen LogP contribution is -1.97. The summed E-state index contributed by atoms with van der Waals surface area (Å²) in [5.41, 5.74) is 1.97. The highest BCUT2D eigenvalue weighted by atomic mass is 35.5. The average molecular weight is 285 g/mol. The molecule has 3 aromatic rings. The van der Waals surface area contributed by atoms with Crippen molar-refractivity contribution < 1.29 is 4.74 Å². The molecule has 5 nitrogen and oxygen atoms in total. The van der Waals surface area contributed by atoms with Crippen molar-refractivity contribution in [3.63, 3.8) is 0 Å². The lowest BCUT2D eigenvalue weighted by molar-refractivity contribution is 0.402. The van der Waals surface area contributed by atoms with Crippen LogP contribution in [0.25, 0.3) is 16.7 Å². The third-order valence-corrected chi connectivity index (χ3v) is 3.28. The molecule has 0 atom stereocenters. The van der Waals surface area contributed by atoms with Gasteiger partial charge in [0, 0.05) is 6.20 Å². The summed E-state index contributed by atoms with van der Waals surface area (Å²) >= 11 is 6.23.